The molecule has 24 heavy (non-hydrogen) atoms. The Hall–Kier alpha value is -1.81. The van der Waals surface area contributed by atoms with Gasteiger partial charge in [-0.15, -0.1) is 0 Å². The summed E-state index contributed by atoms with van der Waals surface area (Å²) in [6.07, 6.45) is 4.27. The monoisotopic (exact) mass is 322 g/mol. The molecule has 1 aromatic carbocycles. The van der Waals surface area contributed by atoms with Crippen LogP contribution in [0.1, 0.15) is 25.3 Å². The van der Waals surface area contributed by atoms with Crippen molar-refractivity contribution in [1.29, 1.82) is 0 Å². The summed E-state index contributed by atoms with van der Waals surface area (Å²) in [6.45, 7) is 3.15. The second kappa shape index (κ2) is 3.88. The Morgan fingerprint density at radius 1 is 1.33 bits per heavy atom. The first-order chi connectivity index (χ1) is 11.6. The third-order valence-electron chi connectivity index (χ3n) is 7.82. The Labute approximate surface area is 141 Å². The van der Waals surface area contributed by atoms with Gasteiger partial charge in [0.15, 0.2) is 5.78 Å². The number of aromatic hydroxyl groups is 1. The highest BCUT2D eigenvalue weighted by atomic mass is 16.3. The van der Waals surface area contributed by atoms with Gasteiger partial charge in [-0.3, -0.25) is 9.69 Å². The van der Waals surface area contributed by atoms with Gasteiger partial charge >= 0.3 is 0 Å². The van der Waals surface area contributed by atoms with Gasteiger partial charge in [-0.25, -0.2) is 0 Å². The van der Waals surface area contributed by atoms with Crippen molar-refractivity contribution in [3.8, 4) is 5.75 Å². The molecule has 1 aliphatic carbocycles. The fourth-order valence-electron chi connectivity index (χ4n) is 7.14. The summed E-state index contributed by atoms with van der Waals surface area (Å²) in [7, 11) is 2.07. The fraction of sp³-hybridized carbons (Fsp3) is 0.550. The minimum absolute atomic E-state index is 0.160. The van der Waals surface area contributed by atoms with Gasteiger partial charge in [0.05, 0.1) is 17.1 Å². The maximum atomic E-state index is 13.8. The molecule has 6 aliphatic rings. The number of Topliss-reactive ketones (excluding diaryl/α,β-unsaturated/α-hetero) is 1. The van der Waals surface area contributed by atoms with E-state index >= 15 is 0 Å². The molecule has 124 valence electrons. The zero-order valence-electron chi connectivity index (χ0n) is 14.1. The molecule has 4 saturated heterocycles. The number of benzene rings is 1. The number of hydrogen-bond donors (Lipinski definition) is 1. The summed E-state index contributed by atoms with van der Waals surface area (Å²) in [5.41, 5.74) is 3.06. The molecule has 5 bridgehead atoms. The molecule has 5 fully saturated rings. The molecular weight excluding hydrogens is 300 g/mol. The van der Waals surface area contributed by atoms with Crippen molar-refractivity contribution in [2.75, 3.05) is 18.5 Å². The van der Waals surface area contributed by atoms with Crippen LogP contribution in [0.15, 0.2) is 29.8 Å². The van der Waals surface area contributed by atoms with Crippen LogP contribution in [0.3, 0.4) is 0 Å². The van der Waals surface area contributed by atoms with E-state index in [0.29, 0.717) is 29.5 Å². The summed E-state index contributed by atoms with van der Waals surface area (Å²) in [5, 5.41) is 10.5. The largest absolute Gasteiger partial charge is 0.506 e. The number of fused-ring (bicyclic) bond motifs is 2. The molecule has 7 rings (SSSR count). The maximum Gasteiger partial charge on any atom is 0.150 e. The lowest BCUT2D eigenvalue weighted by molar-refractivity contribution is -0.126. The summed E-state index contributed by atoms with van der Waals surface area (Å²) in [5.74, 6) is 1.37. The van der Waals surface area contributed by atoms with E-state index < -0.39 is 5.41 Å². The number of hydrogen-bond acceptors (Lipinski definition) is 4. The van der Waals surface area contributed by atoms with E-state index in [2.05, 4.69) is 35.9 Å². The molecule has 4 nitrogen and oxygen atoms in total. The Morgan fingerprint density at radius 3 is 2.96 bits per heavy atom. The summed E-state index contributed by atoms with van der Waals surface area (Å²) < 4.78 is 0. The van der Waals surface area contributed by atoms with Crippen LogP contribution in [-0.2, 0) is 10.2 Å². The third kappa shape index (κ3) is 1.13. The molecule has 4 heteroatoms. The first kappa shape index (κ1) is 13.5. The molecule has 3 unspecified atom stereocenters. The number of para-hydroxylation sites is 1. The smallest absolute Gasteiger partial charge is 0.150 e. The number of rotatable bonds is 0. The van der Waals surface area contributed by atoms with Crippen LogP contribution in [0.2, 0.25) is 0 Å². The first-order valence-corrected chi connectivity index (χ1v) is 9.10. The van der Waals surface area contributed by atoms with Gasteiger partial charge in [-0.2, -0.15) is 0 Å². The molecule has 7 atom stereocenters. The number of likely N-dealkylation sites (N-methyl/N-ethyl adjacent to an activating group) is 1. The van der Waals surface area contributed by atoms with Crippen LogP contribution in [0.5, 0.6) is 5.75 Å². The van der Waals surface area contributed by atoms with Crippen molar-refractivity contribution >= 4 is 11.5 Å². The van der Waals surface area contributed by atoms with Crippen LogP contribution in [0.4, 0.5) is 5.69 Å². The van der Waals surface area contributed by atoms with E-state index in [0.717, 1.165) is 30.6 Å². The standard InChI is InChI=1S/C20H22N2O2/c1-3-10-9-22-13-7-11(10)16-14(22)8-20(19(16)24)12-5-4-6-15(23)17(12)21(2)18(13)20/h3-6,11,13-14,16,18,23H,7-9H2,1-2H3/b10-3-/t11?,13-,14-,16?,18-,20+/m0/s1. The van der Waals surface area contributed by atoms with E-state index in [-0.39, 0.29) is 12.0 Å². The number of carbonyl (C=O) groups excluding carboxylic acids is 1. The fourth-order valence-corrected chi connectivity index (χ4v) is 7.14. The predicted octanol–water partition coefficient (Wildman–Crippen LogP) is 2.07. The third-order valence-corrected chi connectivity index (χ3v) is 7.82. The van der Waals surface area contributed by atoms with Gasteiger partial charge in [0.25, 0.3) is 0 Å². The lowest BCUT2D eigenvalue weighted by atomic mass is 9.65. The predicted molar refractivity (Wildman–Crippen MR) is 91.2 cm³/mol. The van der Waals surface area contributed by atoms with Gasteiger partial charge in [0.2, 0.25) is 0 Å². The first-order valence-electron chi connectivity index (χ1n) is 9.10. The van der Waals surface area contributed by atoms with Crippen LogP contribution in [-0.4, -0.2) is 47.5 Å². The molecule has 0 aromatic heterocycles. The van der Waals surface area contributed by atoms with Crippen LogP contribution >= 0.6 is 0 Å². The number of nitrogens with zero attached hydrogens (tertiary/aromatic N) is 2. The van der Waals surface area contributed by atoms with Gasteiger partial charge in [0, 0.05) is 31.6 Å². The Kier molecular flexibility index (Phi) is 2.18. The molecule has 0 radical (unpaired) electrons. The van der Waals surface area contributed by atoms with Gasteiger partial charge in [-0.05, 0) is 37.3 Å². The topological polar surface area (TPSA) is 43.8 Å². The minimum atomic E-state index is -0.392. The average molecular weight is 322 g/mol. The second-order valence-corrected chi connectivity index (χ2v) is 8.31. The van der Waals surface area contributed by atoms with E-state index in [9.17, 15) is 9.90 Å². The van der Waals surface area contributed by atoms with Crippen molar-refractivity contribution in [1.82, 2.24) is 4.90 Å². The highest BCUT2D eigenvalue weighted by Gasteiger charge is 2.74. The second-order valence-electron chi connectivity index (χ2n) is 8.31. The number of carbonyl (C=O) groups is 1. The Morgan fingerprint density at radius 2 is 2.17 bits per heavy atom. The lowest BCUT2D eigenvalue weighted by Gasteiger charge is -2.58. The van der Waals surface area contributed by atoms with E-state index in [4.69, 9.17) is 0 Å². The molecule has 0 amide bonds. The molecule has 5 heterocycles. The zero-order valence-corrected chi connectivity index (χ0v) is 14.1. The van der Waals surface area contributed by atoms with Gasteiger partial charge in [0.1, 0.15) is 5.75 Å². The number of ketones is 1. The van der Waals surface area contributed by atoms with Crippen molar-refractivity contribution in [3.05, 3.63) is 35.4 Å². The van der Waals surface area contributed by atoms with E-state index in [1.807, 2.05) is 6.07 Å². The molecule has 1 spiro atoms. The highest BCUT2D eigenvalue weighted by Crippen LogP contribution is 2.67. The quantitative estimate of drug-likeness (QED) is 0.743. The van der Waals surface area contributed by atoms with Gasteiger partial charge in [-0.1, -0.05) is 23.8 Å². The molecule has 5 aliphatic heterocycles. The van der Waals surface area contributed by atoms with Crippen molar-refractivity contribution in [2.24, 2.45) is 11.8 Å². The Bertz CT molecular complexity index is 831. The number of allylic oxidation sites excluding steroid dienone is 1. The number of phenols is 1. The van der Waals surface area contributed by atoms with Crippen LogP contribution in [0, 0.1) is 11.8 Å². The minimum Gasteiger partial charge on any atom is -0.506 e. The molecule has 1 N–H and O–H groups in total. The summed E-state index contributed by atoms with van der Waals surface area (Å²) in [4.78, 5) is 18.6. The lowest BCUT2D eigenvalue weighted by Crippen LogP contribution is -2.68. The average Bonchev–Trinajstić information content (AvgIpc) is 2.98. The summed E-state index contributed by atoms with van der Waals surface area (Å²) in [6, 6.07) is 6.76. The zero-order chi connectivity index (χ0) is 16.4. The van der Waals surface area contributed by atoms with E-state index in [1.165, 1.54) is 5.57 Å². The van der Waals surface area contributed by atoms with Crippen LogP contribution in [0.25, 0.3) is 0 Å². The maximum absolute atomic E-state index is 13.8. The van der Waals surface area contributed by atoms with Crippen molar-refractivity contribution in [2.45, 2.75) is 43.3 Å². The number of piperidine rings is 4. The Balaban J connectivity index is 1.64. The number of phenolic OH excluding ortho intramolecular Hbond substituents is 1. The van der Waals surface area contributed by atoms with Crippen molar-refractivity contribution < 1.29 is 9.90 Å². The highest BCUT2D eigenvalue weighted by molar-refractivity contribution is 6.02. The summed E-state index contributed by atoms with van der Waals surface area (Å²) >= 11 is 0. The van der Waals surface area contributed by atoms with Crippen LogP contribution < -0.4 is 4.90 Å². The molecule has 1 aromatic rings. The number of anilines is 1. The van der Waals surface area contributed by atoms with E-state index in [1.54, 1.807) is 6.07 Å². The molecular formula is C20H22N2O2. The SMILES string of the molecule is C/C=C1/CN2[C@H]3C[C@]45C(=O)C3C1C[C@H]2[C@@H]4N(C)c1c(O)cccc15. The van der Waals surface area contributed by atoms with Gasteiger partial charge < -0.3 is 10.0 Å². The normalized spacial score (nSPS) is 48.3. The molecule has 1 saturated carbocycles. The van der Waals surface area contributed by atoms with Crippen molar-refractivity contribution in [3.63, 3.8) is 0 Å².